The molecule has 2 aromatic rings. The minimum atomic E-state index is -0.607. The van der Waals surface area contributed by atoms with Gasteiger partial charge in [-0.15, -0.1) is 0 Å². The third-order valence-electron chi connectivity index (χ3n) is 4.65. The SMILES string of the molecule is CCOc1cc(/C=C2\SC(=O)N(CC(=O)Nc3ccc4c(c3)OCCO4)C2=O)cc(Cl)c1O. The Kier molecular flexibility index (Phi) is 6.66. The van der Waals surface area contributed by atoms with Crippen LogP contribution in [-0.2, 0) is 9.59 Å². The summed E-state index contributed by atoms with van der Waals surface area (Å²) in [5.41, 5.74) is 0.918. The molecule has 0 saturated carbocycles. The molecule has 2 aromatic carbocycles. The highest BCUT2D eigenvalue weighted by atomic mass is 35.5. The Morgan fingerprint density at radius 3 is 2.76 bits per heavy atom. The van der Waals surface area contributed by atoms with E-state index in [2.05, 4.69) is 5.32 Å². The van der Waals surface area contributed by atoms with Crippen molar-refractivity contribution in [2.45, 2.75) is 6.92 Å². The molecule has 2 aliphatic heterocycles. The average Bonchev–Trinajstić information content (AvgIpc) is 3.04. The molecule has 2 aliphatic rings. The molecule has 11 heteroatoms. The number of hydrogen-bond acceptors (Lipinski definition) is 8. The normalized spacial score (nSPS) is 16.3. The molecule has 0 radical (unpaired) electrons. The van der Waals surface area contributed by atoms with E-state index in [-0.39, 0.29) is 21.4 Å². The third-order valence-corrected chi connectivity index (χ3v) is 5.85. The topological polar surface area (TPSA) is 114 Å². The molecule has 0 atom stereocenters. The number of thioether (sulfide) groups is 1. The molecule has 2 heterocycles. The summed E-state index contributed by atoms with van der Waals surface area (Å²) in [7, 11) is 0. The summed E-state index contributed by atoms with van der Waals surface area (Å²) in [6, 6.07) is 7.88. The number of phenols is 1. The molecule has 0 aromatic heterocycles. The Hall–Kier alpha value is -3.37. The van der Waals surface area contributed by atoms with Crippen LogP contribution in [0, 0.1) is 0 Å². The second-order valence-corrected chi connectivity index (χ2v) is 8.36. The van der Waals surface area contributed by atoms with Gasteiger partial charge < -0.3 is 24.6 Å². The number of fused-ring (bicyclic) bond motifs is 1. The number of imide groups is 1. The van der Waals surface area contributed by atoms with Crippen molar-refractivity contribution < 1.29 is 33.7 Å². The summed E-state index contributed by atoms with van der Waals surface area (Å²) in [5, 5.41) is 12.1. The molecule has 2 N–H and O–H groups in total. The first-order valence-corrected chi connectivity index (χ1v) is 11.2. The van der Waals surface area contributed by atoms with Gasteiger partial charge in [-0.25, -0.2) is 0 Å². The van der Waals surface area contributed by atoms with Gasteiger partial charge in [0.05, 0.1) is 16.5 Å². The molecule has 9 nitrogen and oxygen atoms in total. The van der Waals surface area contributed by atoms with Gasteiger partial charge in [-0.1, -0.05) is 11.6 Å². The Balaban J connectivity index is 1.45. The van der Waals surface area contributed by atoms with E-state index in [4.69, 9.17) is 25.8 Å². The number of benzene rings is 2. The van der Waals surface area contributed by atoms with E-state index in [0.717, 1.165) is 4.90 Å². The molecule has 33 heavy (non-hydrogen) atoms. The van der Waals surface area contributed by atoms with E-state index < -0.39 is 23.6 Å². The zero-order valence-corrected chi connectivity index (χ0v) is 19.0. The van der Waals surface area contributed by atoms with E-state index in [0.29, 0.717) is 54.3 Å². The smallest absolute Gasteiger partial charge is 0.294 e. The maximum atomic E-state index is 12.7. The Bertz CT molecular complexity index is 1170. The van der Waals surface area contributed by atoms with Gasteiger partial charge in [0.1, 0.15) is 19.8 Å². The molecule has 3 amide bonds. The van der Waals surface area contributed by atoms with Crippen LogP contribution in [0.4, 0.5) is 10.5 Å². The number of phenolic OH excluding ortho intramolecular Hbond substituents is 1. The maximum Gasteiger partial charge on any atom is 0.294 e. The van der Waals surface area contributed by atoms with Crippen molar-refractivity contribution in [2.24, 2.45) is 0 Å². The van der Waals surface area contributed by atoms with Crippen LogP contribution in [0.2, 0.25) is 5.02 Å². The lowest BCUT2D eigenvalue weighted by Crippen LogP contribution is -2.36. The summed E-state index contributed by atoms with van der Waals surface area (Å²) in [4.78, 5) is 38.6. The Labute approximate surface area is 198 Å². The third kappa shape index (κ3) is 5.01. The summed E-state index contributed by atoms with van der Waals surface area (Å²) in [6.07, 6.45) is 1.46. The molecular weight excluding hydrogens is 472 g/mol. The van der Waals surface area contributed by atoms with Crippen LogP contribution in [-0.4, -0.2) is 53.4 Å². The number of halogens is 1. The first-order chi connectivity index (χ1) is 15.9. The summed E-state index contributed by atoms with van der Waals surface area (Å²) in [6.45, 7) is 2.47. The van der Waals surface area contributed by atoms with Crippen molar-refractivity contribution in [2.75, 3.05) is 31.7 Å². The standard InChI is InChI=1S/C22H19ClN2O7S/c1-2-30-17-8-12(7-14(23)20(17)27)9-18-21(28)25(22(29)33-18)11-19(26)24-13-3-4-15-16(10-13)32-6-5-31-15/h3-4,7-10,27H,2,5-6,11H2,1H3,(H,24,26)/b18-9-. The number of nitrogens with one attached hydrogen (secondary N) is 1. The van der Waals surface area contributed by atoms with Crippen LogP contribution >= 0.6 is 23.4 Å². The number of hydrogen-bond donors (Lipinski definition) is 2. The lowest BCUT2D eigenvalue weighted by molar-refractivity contribution is -0.127. The number of ether oxygens (including phenoxy) is 3. The highest BCUT2D eigenvalue weighted by molar-refractivity contribution is 8.18. The average molecular weight is 491 g/mol. The number of carbonyl (C=O) groups is 3. The minimum absolute atomic E-state index is 0.0465. The summed E-state index contributed by atoms with van der Waals surface area (Å²) >= 11 is 6.73. The largest absolute Gasteiger partial charge is 0.503 e. The van der Waals surface area contributed by atoms with E-state index >= 15 is 0 Å². The molecule has 4 rings (SSSR count). The Morgan fingerprint density at radius 2 is 2.00 bits per heavy atom. The zero-order chi connectivity index (χ0) is 23.5. The monoisotopic (exact) mass is 490 g/mol. The van der Waals surface area contributed by atoms with Gasteiger partial charge >= 0.3 is 0 Å². The number of anilines is 1. The first kappa shape index (κ1) is 22.8. The lowest BCUT2D eigenvalue weighted by Gasteiger charge is -2.19. The number of nitrogens with zero attached hydrogens (tertiary/aromatic N) is 1. The summed E-state index contributed by atoms with van der Waals surface area (Å²) < 4.78 is 16.3. The van der Waals surface area contributed by atoms with Crippen molar-refractivity contribution in [1.29, 1.82) is 0 Å². The number of aromatic hydroxyl groups is 1. The predicted octanol–water partition coefficient (Wildman–Crippen LogP) is 3.89. The molecule has 0 bridgehead atoms. The second-order valence-electron chi connectivity index (χ2n) is 6.96. The highest BCUT2D eigenvalue weighted by Gasteiger charge is 2.36. The van der Waals surface area contributed by atoms with Gasteiger partial charge in [0, 0.05) is 11.8 Å². The van der Waals surface area contributed by atoms with Gasteiger partial charge in [0.2, 0.25) is 5.91 Å². The fourth-order valence-electron chi connectivity index (χ4n) is 3.20. The van der Waals surface area contributed by atoms with Crippen LogP contribution in [0.25, 0.3) is 6.08 Å². The van der Waals surface area contributed by atoms with E-state index in [1.165, 1.54) is 18.2 Å². The van der Waals surface area contributed by atoms with E-state index in [1.54, 1.807) is 25.1 Å². The van der Waals surface area contributed by atoms with Crippen LogP contribution in [0.5, 0.6) is 23.0 Å². The second kappa shape index (κ2) is 9.63. The molecule has 172 valence electrons. The lowest BCUT2D eigenvalue weighted by atomic mass is 10.2. The predicted molar refractivity (Wildman–Crippen MR) is 123 cm³/mol. The molecule has 0 spiro atoms. The van der Waals surface area contributed by atoms with Crippen molar-refractivity contribution in [3.8, 4) is 23.0 Å². The minimum Gasteiger partial charge on any atom is -0.503 e. The fraction of sp³-hybridized carbons (Fsp3) is 0.227. The van der Waals surface area contributed by atoms with Crippen molar-refractivity contribution in [3.05, 3.63) is 45.8 Å². The highest BCUT2D eigenvalue weighted by Crippen LogP contribution is 2.38. The van der Waals surface area contributed by atoms with Gasteiger partial charge in [0.15, 0.2) is 23.0 Å². The zero-order valence-electron chi connectivity index (χ0n) is 17.4. The quantitative estimate of drug-likeness (QED) is 0.586. The van der Waals surface area contributed by atoms with Crippen molar-refractivity contribution in [1.82, 2.24) is 4.90 Å². The molecular formula is C22H19ClN2O7S. The molecule has 1 saturated heterocycles. The summed E-state index contributed by atoms with van der Waals surface area (Å²) in [5.74, 6) is -0.107. The van der Waals surface area contributed by atoms with Gasteiger partial charge in [-0.3, -0.25) is 19.3 Å². The Morgan fingerprint density at radius 1 is 1.24 bits per heavy atom. The number of carbonyl (C=O) groups excluding carboxylic acids is 3. The molecule has 1 fully saturated rings. The van der Waals surface area contributed by atoms with Crippen molar-refractivity contribution in [3.63, 3.8) is 0 Å². The van der Waals surface area contributed by atoms with Gasteiger partial charge in [-0.2, -0.15) is 0 Å². The van der Waals surface area contributed by atoms with E-state index in [1.807, 2.05) is 0 Å². The van der Waals surface area contributed by atoms with Crippen LogP contribution in [0.3, 0.4) is 0 Å². The van der Waals surface area contributed by atoms with E-state index in [9.17, 15) is 19.5 Å². The number of rotatable bonds is 6. The fourth-order valence-corrected chi connectivity index (χ4v) is 4.25. The van der Waals surface area contributed by atoms with Gasteiger partial charge in [-0.05, 0) is 54.6 Å². The van der Waals surface area contributed by atoms with Crippen molar-refractivity contribution >= 4 is 52.2 Å². The van der Waals surface area contributed by atoms with Gasteiger partial charge in [0.25, 0.3) is 11.1 Å². The van der Waals surface area contributed by atoms with Crippen LogP contribution in [0.15, 0.2) is 35.2 Å². The first-order valence-electron chi connectivity index (χ1n) is 9.96. The number of amides is 3. The maximum absolute atomic E-state index is 12.7. The molecule has 0 aliphatic carbocycles. The van der Waals surface area contributed by atoms with Crippen LogP contribution < -0.4 is 19.5 Å². The van der Waals surface area contributed by atoms with Crippen LogP contribution in [0.1, 0.15) is 12.5 Å². The molecule has 0 unspecified atom stereocenters.